The fourth-order valence-electron chi connectivity index (χ4n) is 4.31. The number of amides is 2. The highest BCUT2D eigenvalue weighted by Gasteiger charge is 2.28. The zero-order valence-electron chi connectivity index (χ0n) is 20.4. The molecule has 0 bridgehead atoms. The molecular formula is C26H30FN3O6. The van der Waals surface area contributed by atoms with Crippen molar-refractivity contribution in [1.82, 2.24) is 15.2 Å². The van der Waals surface area contributed by atoms with Crippen LogP contribution in [0.2, 0.25) is 0 Å². The van der Waals surface area contributed by atoms with Gasteiger partial charge in [0.05, 0.1) is 36.6 Å². The lowest BCUT2D eigenvalue weighted by Crippen LogP contribution is -2.48. The van der Waals surface area contributed by atoms with Gasteiger partial charge in [0, 0.05) is 51.9 Å². The minimum atomic E-state index is -0.787. The van der Waals surface area contributed by atoms with E-state index in [0.29, 0.717) is 48.6 Å². The van der Waals surface area contributed by atoms with Crippen LogP contribution in [0, 0.1) is 5.82 Å². The quantitative estimate of drug-likeness (QED) is 0.531. The molecule has 2 atom stereocenters. The van der Waals surface area contributed by atoms with Crippen molar-refractivity contribution in [3.63, 3.8) is 0 Å². The number of aromatic nitrogens is 1. The Labute approximate surface area is 208 Å². The van der Waals surface area contributed by atoms with Gasteiger partial charge in [0.15, 0.2) is 5.78 Å². The Morgan fingerprint density at radius 2 is 2.00 bits per heavy atom. The van der Waals surface area contributed by atoms with E-state index in [1.165, 1.54) is 17.0 Å². The number of carbonyl (C=O) groups excluding carboxylic acids is 3. The highest BCUT2D eigenvalue weighted by molar-refractivity contribution is 5.98. The highest BCUT2D eigenvalue weighted by Crippen LogP contribution is 2.31. The molecule has 4 rings (SSSR count). The number of rotatable bonds is 8. The molecule has 2 aliphatic heterocycles. The molecule has 2 N–H and O–H groups in total. The number of halogens is 1. The number of pyridine rings is 1. The SMILES string of the molecule is CN(C)C(=O)CCC(=O)c1ccc(Cc2cc(C(=O)N[C@H]3CCOC[C@@H]3O)nc3c2OCC3)cc1F. The number of aliphatic hydroxyl groups excluding tert-OH is 1. The van der Waals surface area contributed by atoms with Crippen LogP contribution in [0.5, 0.6) is 5.75 Å². The van der Waals surface area contributed by atoms with Crippen LogP contribution >= 0.6 is 0 Å². The third-order valence-corrected chi connectivity index (χ3v) is 6.37. The molecule has 0 radical (unpaired) electrons. The molecule has 1 saturated heterocycles. The van der Waals surface area contributed by atoms with E-state index in [9.17, 15) is 23.9 Å². The summed E-state index contributed by atoms with van der Waals surface area (Å²) in [4.78, 5) is 42.9. The first-order valence-electron chi connectivity index (χ1n) is 12.0. The Bertz CT molecular complexity index is 1170. The number of benzene rings is 1. The highest BCUT2D eigenvalue weighted by atomic mass is 19.1. The average Bonchev–Trinajstić information content (AvgIpc) is 3.33. The summed E-state index contributed by atoms with van der Waals surface area (Å²) in [6, 6.07) is 5.57. The van der Waals surface area contributed by atoms with Gasteiger partial charge in [-0.25, -0.2) is 9.37 Å². The predicted molar refractivity (Wildman–Crippen MR) is 128 cm³/mol. The van der Waals surface area contributed by atoms with Gasteiger partial charge in [-0.15, -0.1) is 0 Å². The van der Waals surface area contributed by atoms with Crippen LogP contribution in [-0.2, 0) is 22.4 Å². The first kappa shape index (κ1) is 25.7. The third-order valence-electron chi connectivity index (χ3n) is 6.37. The van der Waals surface area contributed by atoms with Gasteiger partial charge in [-0.1, -0.05) is 6.07 Å². The maximum atomic E-state index is 14.8. The predicted octanol–water partition coefficient (Wildman–Crippen LogP) is 1.68. The van der Waals surface area contributed by atoms with Gasteiger partial charge in [-0.2, -0.15) is 0 Å². The molecule has 36 heavy (non-hydrogen) atoms. The van der Waals surface area contributed by atoms with Crippen molar-refractivity contribution in [2.75, 3.05) is 33.9 Å². The van der Waals surface area contributed by atoms with Crippen LogP contribution in [0.4, 0.5) is 4.39 Å². The summed E-state index contributed by atoms with van der Waals surface area (Å²) in [5.41, 5.74) is 2.08. The van der Waals surface area contributed by atoms with E-state index >= 15 is 0 Å². The van der Waals surface area contributed by atoms with Gasteiger partial charge < -0.3 is 24.8 Å². The Balaban J connectivity index is 1.50. The lowest BCUT2D eigenvalue weighted by Gasteiger charge is -2.28. The number of hydrogen-bond acceptors (Lipinski definition) is 7. The topological polar surface area (TPSA) is 118 Å². The van der Waals surface area contributed by atoms with Crippen molar-refractivity contribution in [3.05, 3.63) is 58.2 Å². The third kappa shape index (κ3) is 5.88. The first-order chi connectivity index (χ1) is 17.2. The molecule has 1 fully saturated rings. The van der Waals surface area contributed by atoms with Crippen LogP contribution in [-0.4, -0.2) is 78.6 Å². The number of hydrogen-bond donors (Lipinski definition) is 2. The molecule has 2 amide bonds. The Morgan fingerprint density at radius 1 is 1.19 bits per heavy atom. The number of carbonyl (C=O) groups is 3. The molecule has 9 nitrogen and oxygen atoms in total. The number of nitrogens with zero attached hydrogens (tertiary/aromatic N) is 2. The fourth-order valence-corrected chi connectivity index (χ4v) is 4.31. The number of ketones is 1. The van der Waals surface area contributed by atoms with Crippen molar-refractivity contribution in [1.29, 1.82) is 0 Å². The van der Waals surface area contributed by atoms with E-state index in [-0.39, 0.29) is 43.0 Å². The fraction of sp³-hybridized carbons (Fsp3) is 0.462. The minimum Gasteiger partial charge on any atom is -0.491 e. The Hall–Kier alpha value is -3.37. The van der Waals surface area contributed by atoms with Crippen molar-refractivity contribution >= 4 is 17.6 Å². The van der Waals surface area contributed by atoms with Crippen molar-refractivity contribution < 1.29 is 33.4 Å². The van der Waals surface area contributed by atoms with Gasteiger partial charge in [0.1, 0.15) is 17.3 Å². The Morgan fingerprint density at radius 3 is 2.72 bits per heavy atom. The summed E-state index contributed by atoms with van der Waals surface area (Å²) >= 11 is 0. The van der Waals surface area contributed by atoms with Crippen molar-refractivity contribution in [2.24, 2.45) is 0 Å². The standard InChI is InChI=1S/C26H30FN3O6/c1-30(2)24(33)6-5-22(31)17-4-3-15(12-18(17)27)11-16-13-21(28-20-8-10-36-25(16)20)26(34)29-19-7-9-35-14-23(19)32/h3-4,12-13,19,23,32H,5-11,14H2,1-2H3,(H,29,34)/t19-,23-/m0/s1. The van der Waals surface area contributed by atoms with Crippen molar-refractivity contribution in [3.8, 4) is 5.75 Å². The molecule has 2 aromatic rings. The molecule has 0 unspecified atom stereocenters. The Kier molecular flexibility index (Phi) is 7.95. The van der Waals surface area contributed by atoms with Crippen LogP contribution in [0.25, 0.3) is 0 Å². The maximum absolute atomic E-state index is 14.8. The monoisotopic (exact) mass is 499 g/mol. The van der Waals surface area contributed by atoms with Crippen LogP contribution in [0.15, 0.2) is 24.3 Å². The number of Topliss-reactive ketones (excluding diaryl/α,β-unsaturated/α-hetero) is 1. The lowest BCUT2D eigenvalue weighted by molar-refractivity contribution is -0.128. The molecule has 1 aromatic carbocycles. The second-order valence-electron chi connectivity index (χ2n) is 9.25. The van der Waals surface area contributed by atoms with E-state index < -0.39 is 29.7 Å². The van der Waals surface area contributed by atoms with E-state index in [4.69, 9.17) is 9.47 Å². The minimum absolute atomic E-state index is 0.0171. The average molecular weight is 500 g/mol. The second kappa shape index (κ2) is 11.1. The molecular weight excluding hydrogens is 469 g/mol. The zero-order chi connectivity index (χ0) is 25.8. The smallest absolute Gasteiger partial charge is 0.270 e. The molecule has 1 aromatic heterocycles. The normalized spacial score (nSPS) is 18.8. The molecule has 0 spiro atoms. The lowest BCUT2D eigenvalue weighted by atomic mass is 9.98. The molecule has 3 heterocycles. The second-order valence-corrected chi connectivity index (χ2v) is 9.25. The molecule has 2 aliphatic rings. The first-order valence-corrected chi connectivity index (χ1v) is 12.0. The number of ether oxygens (including phenoxy) is 2. The molecule has 10 heteroatoms. The van der Waals surface area contributed by atoms with Gasteiger partial charge in [-0.05, 0) is 30.2 Å². The van der Waals surface area contributed by atoms with Gasteiger partial charge in [0.25, 0.3) is 5.91 Å². The molecule has 0 saturated carbocycles. The largest absolute Gasteiger partial charge is 0.491 e. The van der Waals surface area contributed by atoms with E-state index in [1.807, 2.05) is 0 Å². The number of nitrogens with one attached hydrogen (secondary N) is 1. The van der Waals surface area contributed by atoms with Gasteiger partial charge >= 0.3 is 0 Å². The van der Waals surface area contributed by atoms with Crippen LogP contribution in [0.3, 0.4) is 0 Å². The summed E-state index contributed by atoms with van der Waals surface area (Å²) in [7, 11) is 3.20. The van der Waals surface area contributed by atoms with Crippen LogP contribution < -0.4 is 10.1 Å². The van der Waals surface area contributed by atoms with E-state index in [2.05, 4.69) is 10.3 Å². The summed E-state index contributed by atoms with van der Waals surface area (Å²) < 4.78 is 25.8. The number of aliphatic hydroxyl groups is 1. The zero-order valence-corrected chi connectivity index (χ0v) is 20.4. The van der Waals surface area contributed by atoms with Crippen LogP contribution in [0.1, 0.15) is 56.9 Å². The maximum Gasteiger partial charge on any atom is 0.270 e. The summed E-state index contributed by atoms with van der Waals surface area (Å²) in [5, 5.41) is 12.9. The number of fused-ring (bicyclic) bond motifs is 1. The molecule has 192 valence electrons. The van der Waals surface area contributed by atoms with Gasteiger partial charge in [-0.3, -0.25) is 14.4 Å². The van der Waals surface area contributed by atoms with Crippen molar-refractivity contribution in [2.45, 2.75) is 44.2 Å². The summed E-state index contributed by atoms with van der Waals surface area (Å²) in [6.07, 6.45) is 0.487. The molecule has 0 aliphatic carbocycles. The van der Waals surface area contributed by atoms with E-state index in [1.54, 1.807) is 26.2 Å². The summed E-state index contributed by atoms with van der Waals surface area (Å²) in [5.74, 6) is -1.11. The summed E-state index contributed by atoms with van der Waals surface area (Å²) in [6.45, 7) is 1.05. The van der Waals surface area contributed by atoms with Gasteiger partial charge in [0.2, 0.25) is 5.91 Å². The van der Waals surface area contributed by atoms with E-state index in [0.717, 1.165) is 0 Å².